The lowest BCUT2D eigenvalue weighted by Gasteiger charge is -2.14. The minimum absolute atomic E-state index is 0.0722. The lowest BCUT2D eigenvalue weighted by Crippen LogP contribution is -2.26. The van der Waals surface area contributed by atoms with E-state index in [9.17, 15) is 4.79 Å². The second-order valence-corrected chi connectivity index (χ2v) is 6.33. The third-order valence-corrected chi connectivity index (χ3v) is 4.16. The molecular weight excluding hydrogens is 342 g/mol. The summed E-state index contributed by atoms with van der Waals surface area (Å²) in [4.78, 5) is 23.3. The van der Waals surface area contributed by atoms with Crippen molar-refractivity contribution in [3.63, 3.8) is 0 Å². The molecule has 0 aliphatic carbocycles. The summed E-state index contributed by atoms with van der Waals surface area (Å²) in [5, 5.41) is 3.28. The first kappa shape index (κ1) is 18.9. The number of hydrogen-bond donors (Lipinski definition) is 3. The average Bonchev–Trinajstić information content (AvgIpc) is 3.15. The van der Waals surface area contributed by atoms with Crippen LogP contribution in [-0.2, 0) is 16.3 Å². The van der Waals surface area contributed by atoms with Gasteiger partial charge in [0.25, 0.3) is 5.91 Å². The lowest BCUT2D eigenvalue weighted by molar-refractivity contribution is 0.0234. The Balaban J connectivity index is 1.53. The predicted octanol–water partition coefficient (Wildman–Crippen LogP) is 3.55. The summed E-state index contributed by atoms with van der Waals surface area (Å²) < 4.78 is 0. The number of rotatable bonds is 9. The molecule has 1 aliphatic rings. The molecule has 0 spiro atoms. The van der Waals surface area contributed by atoms with Crippen LogP contribution in [0.15, 0.2) is 66.4 Å². The second kappa shape index (κ2) is 9.75. The molecule has 0 saturated heterocycles. The van der Waals surface area contributed by atoms with Crippen molar-refractivity contribution in [3.8, 4) is 0 Å². The van der Waals surface area contributed by atoms with Gasteiger partial charge in [-0.05, 0) is 30.2 Å². The van der Waals surface area contributed by atoms with E-state index in [1.54, 1.807) is 6.07 Å². The van der Waals surface area contributed by atoms with Gasteiger partial charge in [-0.1, -0.05) is 55.8 Å². The highest BCUT2D eigenvalue weighted by Crippen LogP contribution is 2.17. The molecule has 1 atom stereocenters. The summed E-state index contributed by atoms with van der Waals surface area (Å²) >= 11 is 0. The first-order chi connectivity index (χ1) is 13.3. The molecule has 0 radical (unpaired) electrons. The number of hydrogen-bond acceptors (Lipinski definition) is 5. The van der Waals surface area contributed by atoms with Crippen LogP contribution < -0.4 is 16.3 Å². The molecule has 0 saturated carbocycles. The van der Waals surface area contributed by atoms with Crippen LogP contribution in [-0.4, -0.2) is 18.6 Å². The van der Waals surface area contributed by atoms with Crippen LogP contribution in [0.2, 0.25) is 0 Å². The minimum atomic E-state index is -0.290. The van der Waals surface area contributed by atoms with Gasteiger partial charge >= 0.3 is 0 Å². The first-order valence-corrected chi connectivity index (χ1v) is 9.17. The second-order valence-electron chi connectivity index (χ2n) is 6.33. The fraction of sp³-hybridized carbons (Fsp3) is 0.286. The molecule has 1 unspecified atom stereocenters. The Morgan fingerprint density at radius 3 is 2.74 bits per heavy atom. The standard InChI is InChI=1S/C21H25N3O3/c1-2-8-17-13-18(27-23-17)14-22-20-12-7-6-11-19(20)21(25)24-26-15-16-9-4-3-5-10-16/h3-7,9-13,18,22-23H,2,8,14-15H2,1H3,(H,24,25). The van der Waals surface area contributed by atoms with Gasteiger partial charge in [-0.15, -0.1) is 0 Å². The number of carbonyl (C=O) groups excluding carboxylic acids is 1. The molecule has 1 aliphatic heterocycles. The quantitative estimate of drug-likeness (QED) is 0.591. The maximum absolute atomic E-state index is 12.5. The zero-order valence-corrected chi connectivity index (χ0v) is 15.4. The maximum Gasteiger partial charge on any atom is 0.276 e. The van der Waals surface area contributed by atoms with E-state index in [4.69, 9.17) is 9.68 Å². The number of benzene rings is 2. The molecule has 6 heteroatoms. The summed E-state index contributed by atoms with van der Waals surface area (Å²) in [6, 6.07) is 17.0. The highest BCUT2D eigenvalue weighted by Gasteiger charge is 2.17. The SMILES string of the molecule is CCCC1=CC(CNc2ccccc2C(=O)NOCc2ccccc2)ON1. The fourth-order valence-corrected chi connectivity index (χ4v) is 2.81. The fourth-order valence-electron chi connectivity index (χ4n) is 2.81. The Bertz CT molecular complexity index is 777. The molecular formula is C21H25N3O3. The predicted molar refractivity (Wildman–Crippen MR) is 105 cm³/mol. The zero-order valence-electron chi connectivity index (χ0n) is 15.4. The van der Waals surface area contributed by atoms with E-state index >= 15 is 0 Å². The number of amides is 1. The molecule has 2 aromatic carbocycles. The van der Waals surface area contributed by atoms with E-state index in [0.29, 0.717) is 18.7 Å². The van der Waals surface area contributed by atoms with Crippen LogP contribution in [0.25, 0.3) is 0 Å². The highest BCUT2D eigenvalue weighted by atomic mass is 16.7. The van der Waals surface area contributed by atoms with E-state index in [1.807, 2.05) is 48.5 Å². The van der Waals surface area contributed by atoms with Crippen molar-refractivity contribution in [1.29, 1.82) is 0 Å². The van der Waals surface area contributed by atoms with Crippen molar-refractivity contribution in [2.24, 2.45) is 0 Å². The third kappa shape index (κ3) is 5.57. The molecule has 3 rings (SSSR count). The number of para-hydroxylation sites is 1. The van der Waals surface area contributed by atoms with Crippen LogP contribution in [0.3, 0.4) is 0 Å². The van der Waals surface area contributed by atoms with Crippen LogP contribution in [0, 0.1) is 0 Å². The van der Waals surface area contributed by atoms with Crippen molar-refractivity contribution in [2.75, 3.05) is 11.9 Å². The Morgan fingerprint density at radius 1 is 1.15 bits per heavy atom. The molecule has 6 nitrogen and oxygen atoms in total. The van der Waals surface area contributed by atoms with Gasteiger partial charge in [-0.25, -0.2) is 5.48 Å². The van der Waals surface area contributed by atoms with Gasteiger partial charge in [0.2, 0.25) is 0 Å². The highest BCUT2D eigenvalue weighted by molar-refractivity contribution is 5.99. The van der Waals surface area contributed by atoms with E-state index in [1.165, 1.54) is 0 Å². The van der Waals surface area contributed by atoms with Gasteiger partial charge in [0.05, 0.1) is 12.2 Å². The minimum Gasteiger partial charge on any atom is -0.381 e. The van der Waals surface area contributed by atoms with Gasteiger partial charge in [0, 0.05) is 17.9 Å². The smallest absolute Gasteiger partial charge is 0.276 e. The topological polar surface area (TPSA) is 71.6 Å². The molecule has 0 fully saturated rings. The van der Waals surface area contributed by atoms with Crippen LogP contribution in [0.5, 0.6) is 0 Å². The molecule has 27 heavy (non-hydrogen) atoms. The third-order valence-electron chi connectivity index (χ3n) is 4.16. The van der Waals surface area contributed by atoms with Crippen LogP contribution in [0.4, 0.5) is 5.69 Å². The van der Waals surface area contributed by atoms with Gasteiger partial charge in [-0.2, -0.15) is 0 Å². The Hall–Kier alpha value is -2.83. The monoisotopic (exact) mass is 367 g/mol. The van der Waals surface area contributed by atoms with E-state index in [2.05, 4.69) is 29.3 Å². The summed E-state index contributed by atoms with van der Waals surface area (Å²) in [5.74, 6) is -0.290. The number of hydroxylamine groups is 2. The summed E-state index contributed by atoms with van der Waals surface area (Å²) in [7, 11) is 0. The van der Waals surface area contributed by atoms with E-state index in [0.717, 1.165) is 29.8 Å². The van der Waals surface area contributed by atoms with Crippen molar-refractivity contribution >= 4 is 11.6 Å². The van der Waals surface area contributed by atoms with Crippen LogP contribution >= 0.6 is 0 Å². The van der Waals surface area contributed by atoms with Crippen molar-refractivity contribution in [3.05, 3.63) is 77.5 Å². The van der Waals surface area contributed by atoms with Crippen molar-refractivity contribution in [2.45, 2.75) is 32.5 Å². The Kier molecular flexibility index (Phi) is 6.84. The molecule has 0 aromatic heterocycles. The molecule has 0 bridgehead atoms. The van der Waals surface area contributed by atoms with Gasteiger partial charge in [0.15, 0.2) is 0 Å². The van der Waals surface area contributed by atoms with E-state index in [-0.39, 0.29) is 12.0 Å². The van der Waals surface area contributed by atoms with Gasteiger partial charge in [0.1, 0.15) is 6.10 Å². The average molecular weight is 367 g/mol. The molecule has 2 aromatic rings. The zero-order chi connectivity index (χ0) is 18.9. The van der Waals surface area contributed by atoms with Crippen molar-refractivity contribution in [1.82, 2.24) is 11.0 Å². The summed E-state index contributed by atoms with van der Waals surface area (Å²) in [5.41, 5.74) is 8.80. The van der Waals surface area contributed by atoms with E-state index < -0.39 is 0 Å². The van der Waals surface area contributed by atoms with Crippen LogP contribution in [0.1, 0.15) is 35.7 Å². The number of allylic oxidation sites excluding steroid dienone is 1. The Morgan fingerprint density at radius 2 is 1.93 bits per heavy atom. The summed E-state index contributed by atoms with van der Waals surface area (Å²) in [6.07, 6.45) is 4.03. The largest absolute Gasteiger partial charge is 0.381 e. The number of nitrogens with one attached hydrogen (secondary N) is 3. The first-order valence-electron chi connectivity index (χ1n) is 9.17. The normalized spacial score (nSPS) is 15.7. The maximum atomic E-state index is 12.5. The molecule has 1 heterocycles. The lowest BCUT2D eigenvalue weighted by atomic mass is 10.1. The number of carbonyl (C=O) groups is 1. The van der Waals surface area contributed by atoms with Crippen molar-refractivity contribution < 1.29 is 14.5 Å². The number of anilines is 1. The molecule has 142 valence electrons. The molecule has 1 amide bonds. The molecule has 3 N–H and O–H groups in total. The summed E-state index contributed by atoms with van der Waals surface area (Å²) in [6.45, 7) is 3.01. The Labute approximate surface area is 159 Å². The van der Waals surface area contributed by atoms with Gasteiger partial charge < -0.3 is 5.32 Å². The van der Waals surface area contributed by atoms with Gasteiger partial charge in [-0.3, -0.25) is 19.9 Å².